The summed E-state index contributed by atoms with van der Waals surface area (Å²) >= 11 is 0. The van der Waals surface area contributed by atoms with Crippen molar-refractivity contribution in [3.05, 3.63) is 66.1 Å². The molecular weight excluding hydrogens is 332 g/mol. The third kappa shape index (κ3) is 4.38. The van der Waals surface area contributed by atoms with Gasteiger partial charge in [-0.05, 0) is 42.8 Å². The predicted octanol–water partition coefficient (Wildman–Crippen LogP) is 3.05. The topological polar surface area (TPSA) is 78.3 Å². The van der Waals surface area contributed by atoms with E-state index in [1.165, 1.54) is 0 Å². The average Bonchev–Trinajstić information content (AvgIpc) is 3.06. The summed E-state index contributed by atoms with van der Waals surface area (Å²) in [5.41, 5.74) is 1.47. The molecule has 0 saturated heterocycles. The number of pyridine rings is 1. The molecule has 0 radical (unpaired) electrons. The number of hydrogen-bond acceptors (Lipinski definition) is 5. The molecule has 7 heteroatoms. The number of benzene rings is 1. The maximum absolute atomic E-state index is 12.4. The molecule has 26 heavy (non-hydrogen) atoms. The van der Waals surface area contributed by atoms with Crippen LogP contribution in [0.25, 0.3) is 0 Å². The molecule has 0 aliphatic carbocycles. The van der Waals surface area contributed by atoms with Crippen LogP contribution in [0.3, 0.4) is 0 Å². The quantitative estimate of drug-likeness (QED) is 0.707. The van der Waals surface area contributed by atoms with Gasteiger partial charge in [0.1, 0.15) is 6.61 Å². The van der Waals surface area contributed by atoms with Gasteiger partial charge in [0.25, 0.3) is 5.91 Å². The van der Waals surface area contributed by atoms with Gasteiger partial charge in [0, 0.05) is 37.3 Å². The summed E-state index contributed by atoms with van der Waals surface area (Å²) in [6.07, 6.45) is 5.19. The minimum atomic E-state index is -0.259. The highest BCUT2D eigenvalue weighted by Crippen LogP contribution is 2.29. The molecule has 0 spiro atoms. The molecule has 1 aromatic carbocycles. The normalized spacial score (nSPS) is 10.4. The van der Waals surface area contributed by atoms with E-state index in [0.29, 0.717) is 36.1 Å². The molecule has 0 atom stereocenters. The minimum absolute atomic E-state index is 0.259. The lowest BCUT2D eigenvalue weighted by molar-refractivity contribution is 0.102. The predicted molar refractivity (Wildman–Crippen MR) is 97.3 cm³/mol. The summed E-state index contributed by atoms with van der Waals surface area (Å²) in [7, 11) is 1.79. The van der Waals surface area contributed by atoms with Crippen LogP contribution in [-0.2, 0) is 13.7 Å². The smallest absolute Gasteiger partial charge is 0.257 e. The number of nitrogens with zero attached hydrogens (tertiary/aromatic N) is 3. The third-order valence-electron chi connectivity index (χ3n) is 3.60. The van der Waals surface area contributed by atoms with Crippen molar-refractivity contribution < 1.29 is 14.3 Å². The molecule has 3 rings (SSSR count). The van der Waals surface area contributed by atoms with E-state index in [1.807, 2.05) is 19.1 Å². The second-order valence-corrected chi connectivity index (χ2v) is 5.57. The first-order chi connectivity index (χ1) is 12.7. The molecule has 134 valence electrons. The van der Waals surface area contributed by atoms with Gasteiger partial charge < -0.3 is 14.8 Å². The number of hydrogen-bond donors (Lipinski definition) is 1. The Morgan fingerprint density at radius 3 is 2.62 bits per heavy atom. The Morgan fingerprint density at radius 2 is 1.92 bits per heavy atom. The number of ether oxygens (including phenoxy) is 2. The van der Waals surface area contributed by atoms with E-state index in [1.54, 1.807) is 54.6 Å². The number of amides is 1. The number of rotatable bonds is 7. The third-order valence-corrected chi connectivity index (χ3v) is 3.60. The first kappa shape index (κ1) is 17.5. The minimum Gasteiger partial charge on any atom is -0.490 e. The van der Waals surface area contributed by atoms with Gasteiger partial charge in [0.2, 0.25) is 0 Å². The Balaban J connectivity index is 1.74. The molecule has 7 nitrogen and oxygen atoms in total. The molecule has 0 aliphatic rings. The van der Waals surface area contributed by atoms with Crippen molar-refractivity contribution in [2.24, 2.45) is 7.05 Å². The van der Waals surface area contributed by atoms with E-state index in [0.717, 1.165) is 5.56 Å². The second-order valence-electron chi connectivity index (χ2n) is 5.57. The fourth-order valence-corrected chi connectivity index (χ4v) is 2.35. The SMILES string of the molecule is CCOc1cc(C(=O)Nc2ccn(C)n2)ccc1OCc1ccncc1. The van der Waals surface area contributed by atoms with Gasteiger partial charge in [0.05, 0.1) is 6.61 Å². The number of nitrogens with one attached hydrogen (secondary N) is 1. The van der Waals surface area contributed by atoms with Crippen molar-refractivity contribution in [3.8, 4) is 11.5 Å². The summed E-state index contributed by atoms with van der Waals surface area (Å²) in [6.45, 7) is 2.74. The van der Waals surface area contributed by atoms with E-state index >= 15 is 0 Å². The Labute approximate surface area is 151 Å². The van der Waals surface area contributed by atoms with Gasteiger partial charge in [-0.3, -0.25) is 14.5 Å². The molecule has 0 aliphatic heterocycles. The molecule has 0 fully saturated rings. The van der Waals surface area contributed by atoms with Crippen LogP contribution in [-0.4, -0.2) is 27.3 Å². The van der Waals surface area contributed by atoms with Gasteiger partial charge in [-0.1, -0.05) is 0 Å². The molecule has 2 heterocycles. The van der Waals surface area contributed by atoms with Crippen molar-refractivity contribution in [1.29, 1.82) is 0 Å². The highest BCUT2D eigenvalue weighted by Gasteiger charge is 2.13. The monoisotopic (exact) mass is 352 g/mol. The second kappa shape index (κ2) is 8.15. The van der Waals surface area contributed by atoms with E-state index < -0.39 is 0 Å². The Bertz CT molecular complexity index is 878. The average molecular weight is 352 g/mol. The van der Waals surface area contributed by atoms with Crippen LogP contribution in [0.2, 0.25) is 0 Å². The maximum atomic E-state index is 12.4. The van der Waals surface area contributed by atoms with Crippen molar-refractivity contribution in [2.45, 2.75) is 13.5 Å². The van der Waals surface area contributed by atoms with Crippen molar-refractivity contribution in [2.75, 3.05) is 11.9 Å². The van der Waals surface area contributed by atoms with Crippen LogP contribution in [0.1, 0.15) is 22.8 Å². The van der Waals surface area contributed by atoms with Crippen LogP contribution < -0.4 is 14.8 Å². The maximum Gasteiger partial charge on any atom is 0.257 e. The van der Waals surface area contributed by atoms with Gasteiger partial charge in [-0.2, -0.15) is 5.10 Å². The first-order valence-corrected chi connectivity index (χ1v) is 8.25. The highest BCUT2D eigenvalue weighted by molar-refractivity contribution is 6.04. The highest BCUT2D eigenvalue weighted by atomic mass is 16.5. The van der Waals surface area contributed by atoms with Gasteiger partial charge in [-0.15, -0.1) is 0 Å². The molecule has 1 amide bonds. The van der Waals surface area contributed by atoms with Crippen molar-refractivity contribution >= 4 is 11.7 Å². The van der Waals surface area contributed by atoms with Crippen LogP contribution in [0.15, 0.2) is 55.0 Å². The van der Waals surface area contributed by atoms with Crippen LogP contribution >= 0.6 is 0 Å². The zero-order valence-corrected chi connectivity index (χ0v) is 14.7. The summed E-state index contributed by atoms with van der Waals surface area (Å²) in [5, 5.41) is 6.89. The number of carbonyl (C=O) groups excluding carboxylic acids is 1. The number of carbonyl (C=O) groups is 1. The Kier molecular flexibility index (Phi) is 5.48. The molecule has 0 unspecified atom stereocenters. The Hall–Kier alpha value is -3.35. The zero-order chi connectivity index (χ0) is 18.4. The van der Waals surface area contributed by atoms with Gasteiger partial charge in [-0.25, -0.2) is 0 Å². The van der Waals surface area contributed by atoms with Crippen LogP contribution in [0, 0.1) is 0 Å². The van der Waals surface area contributed by atoms with E-state index in [-0.39, 0.29) is 5.91 Å². The summed E-state index contributed by atoms with van der Waals surface area (Å²) < 4.78 is 13.1. The van der Waals surface area contributed by atoms with E-state index in [2.05, 4.69) is 15.4 Å². The molecular formula is C19H20N4O3. The lowest BCUT2D eigenvalue weighted by Gasteiger charge is -2.13. The number of aryl methyl sites for hydroxylation is 1. The van der Waals surface area contributed by atoms with Crippen LogP contribution in [0.5, 0.6) is 11.5 Å². The lowest BCUT2D eigenvalue weighted by atomic mass is 10.2. The number of anilines is 1. The molecule has 0 bridgehead atoms. The van der Waals surface area contributed by atoms with Crippen LogP contribution in [0.4, 0.5) is 5.82 Å². The standard InChI is InChI=1S/C19H20N4O3/c1-3-25-17-12-15(19(24)21-18-8-11-23(2)22-18)4-5-16(17)26-13-14-6-9-20-10-7-14/h4-12H,3,13H2,1-2H3,(H,21,22,24). The fraction of sp³-hybridized carbons (Fsp3) is 0.211. The summed E-state index contributed by atoms with van der Waals surface area (Å²) in [4.78, 5) is 16.4. The van der Waals surface area contributed by atoms with Crippen molar-refractivity contribution in [1.82, 2.24) is 14.8 Å². The van der Waals surface area contributed by atoms with Crippen molar-refractivity contribution in [3.63, 3.8) is 0 Å². The molecule has 1 N–H and O–H groups in total. The zero-order valence-electron chi connectivity index (χ0n) is 14.7. The molecule has 3 aromatic rings. The first-order valence-electron chi connectivity index (χ1n) is 8.25. The number of aromatic nitrogens is 3. The van der Waals surface area contributed by atoms with E-state index in [4.69, 9.17) is 9.47 Å². The molecule has 0 saturated carbocycles. The lowest BCUT2D eigenvalue weighted by Crippen LogP contribution is -2.13. The van der Waals surface area contributed by atoms with Gasteiger partial charge >= 0.3 is 0 Å². The van der Waals surface area contributed by atoms with Gasteiger partial charge in [0.15, 0.2) is 17.3 Å². The van der Waals surface area contributed by atoms with E-state index in [9.17, 15) is 4.79 Å². The summed E-state index contributed by atoms with van der Waals surface area (Å²) in [6, 6.07) is 10.6. The fourth-order valence-electron chi connectivity index (χ4n) is 2.35. The molecule has 2 aromatic heterocycles. The summed E-state index contributed by atoms with van der Waals surface area (Å²) in [5.74, 6) is 1.34. The Morgan fingerprint density at radius 1 is 1.12 bits per heavy atom. The largest absolute Gasteiger partial charge is 0.490 e.